The van der Waals surface area contributed by atoms with Gasteiger partial charge in [0.1, 0.15) is 0 Å². The number of likely N-dealkylation sites (tertiary alicyclic amines) is 1. The van der Waals surface area contributed by atoms with Gasteiger partial charge in [0.05, 0.1) is 12.0 Å². The Hall–Kier alpha value is -0.320. The molecule has 1 amide bonds. The summed E-state index contributed by atoms with van der Waals surface area (Å²) in [7, 11) is 0. The molecule has 0 spiro atoms. The van der Waals surface area contributed by atoms with Crippen molar-refractivity contribution in [2.24, 2.45) is 11.8 Å². The van der Waals surface area contributed by atoms with Gasteiger partial charge in [0.15, 0.2) is 0 Å². The predicted octanol–water partition coefficient (Wildman–Crippen LogP) is 1.03. The topological polar surface area (TPSA) is 52.6 Å². The Kier molecular flexibility index (Phi) is 6.39. The highest BCUT2D eigenvalue weighted by Crippen LogP contribution is 2.23. The zero-order valence-electron chi connectivity index (χ0n) is 11.1. The van der Waals surface area contributed by atoms with Crippen LogP contribution in [0.2, 0.25) is 0 Å². The molecule has 106 valence electrons. The number of carbonyl (C=O) groups is 1. The number of nitrogens with zero attached hydrogens (tertiary/aromatic N) is 1. The molecule has 2 fully saturated rings. The molecule has 0 aliphatic carbocycles. The molecule has 2 rings (SSSR count). The maximum atomic E-state index is 12.3. The fourth-order valence-electron chi connectivity index (χ4n) is 2.92. The van der Waals surface area contributed by atoms with Crippen LogP contribution in [0.25, 0.3) is 0 Å². The minimum Gasteiger partial charge on any atom is -0.393 e. The number of amides is 1. The van der Waals surface area contributed by atoms with Gasteiger partial charge in [-0.1, -0.05) is 0 Å². The second-order valence-electron chi connectivity index (χ2n) is 5.45. The molecular formula is C13H25ClN2O2. The first kappa shape index (κ1) is 15.7. The van der Waals surface area contributed by atoms with E-state index in [4.69, 9.17) is 0 Å². The number of carbonyl (C=O) groups excluding carboxylic acids is 1. The summed E-state index contributed by atoms with van der Waals surface area (Å²) in [5.41, 5.74) is 0. The van der Waals surface area contributed by atoms with Crippen LogP contribution in [0.3, 0.4) is 0 Å². The van der Waals surface area contributed by atoms with Gasteiger partial charge in [-0.15, -0.1) is 12.4 Å². The van der Waals surface area contributed by atoms with Crippen molar-refractivity contribution in [3.05, 3.63) is 0 Å². The number of nitrogens with one attached hydrogen (secondary N) is 1. The van der Waals surface area contributed by atoms with Crippen LogP contribution in [0.4, 0.5) is 0 Å². The van der Waals surface area contributed by atoms with Crippen LogP contribution in [0.5, 0.6) is 0 Å². The number of halogens is 1. The molecule has 0 aromatic carbocycles. The summed E-state index contributed by atoms with van der Waals surface area (Å²) in [6.07, 6.45) is 3.80. The summed E-state index contributed by atoms with van der Waals surface area (Å²) in [6.45, 7) is 5.39. The van der Waals surface area contributed by atoms with Gasteiger partial charge in [-0.25, -0.2) is 0 Å². The molecule has 2 aliphatic heterocycles. The van der Waals surface area contributed by atoms with Crippen molar-refractivity contribution in [3.8, 4) is 0 Å². The van der Waals surface area contributed by atoms with E-state index in [1.54, 1.807) is 0 Å². The third kappa shape index (κ3) is 3.84. The van der Waals surface area contributed by atoms with Gasteiger partial charge in [0.25, 0.3) is 0 Å². The second kappa shape index (κ2) is 7.31. The van der Waals surface area contributed by atoms with Crippen LogP contribution < -0.4 is 5.32 Å². The van der Waals surface area contributed by atoms with Crippen molar-refractivity contribution in [1.29, 1.82) is 0 Å². The van der Waals surface area contributed by atoms with E-state index in [0.29, 0.717) is 11.8 Å². The molecule has 2 atom stereocenters. The average molecular weight is 277 g/mol. The lowest BCUT2D eigenvalue weighted by molar-refractivity contribution is -0.138. The highest BCUT2D eigenvalue weighted by molar-refractivity contribution is 5.85. The van der Waals surface area contributed by atoms with Gasteiger partial charge < -0.3 is 15.3 Å². The summed E-state index contributed by atoms with van der Waals surface area (Å²) in [6, 6.07) is 0. The molecule has 4 nitrogen and oxygen atoms in total. The Morgan fingerprint density at radius 2 is 2.00 bits per heavy atom. The third-order valence-electron chi connectivity index (χ3n) is 4.18. The molecule has 0 aromatic rings. The van der Waals surface area contributed by atoms with E-state index < -0.39 is 0 Å². The lowest BCUT2D eigenvalue weighted by atomic mass is 9.90. The molecule has 0 aromatic heterocycles. The first-order valence-corrected chi connectivity index (χ1v) is 6.86. The van der Waals surface area contributed by atoms with Crippen molar-refractivity contribution in [1.82, 2.24) is 10.2 Å². The largest absolute Gasteiger partial charge is 0.393 e. The van der Waals surface area contributed by atoms with Crippen molar-refractivity contribution in [3.63, 3.8) is 0 Å². The van der Waals surface area contributed by atoms with Gasteiger partial charge >= 0.3 is 0 Å². The number of aliphatic hydroxyl groups is 1. The van der Waals surface area contributed by atoms with E-state index in [9.17, 15) is 9.90 Å². The first-order valence-electron chi connectivity index (χ1n) is 6.86. The van der Waals surface area contributed by atoms with E-state index in [0.717, 1.165) is 51.9 Å². The zero-order valence-corrected chi connectivity index (χ0v) is 11.9. The molecule has 2 heterocycles. The summed E-state index contributed by atoms with van der Waals surface area (Å²) < 4.78 is 0. The van der Waals surface area contributed by atoms with Crippen molar-refractivity contribution < 1.29 is 9.90 Å². The molecule has 0 radical (unpaired) electrons. The van der Waals surface area contributed by atoms with E-state index in [1.807, 2.05) is 11.8 Å². The van der Waals surface area contributed by atoms with Gasteiger partial charge in [0, 0.05) is 19.6 Å². The smallest absolute Gasteiger partial charge is 0.226 e. The van der Waals surface area contributed by atoms with Crippen LogP contribution in [-0.4, -0.2) is 48.2 Å². The Balaban J connectivity index is 0.00000162. The molecule has 2 saturated heterocycles. The summed E-state index contributed by atoms with van der Waals surface area (Å²) in [5, 5.41) is 12.8. The van der Waals surface area contributed by atoms with Crippen LogP contribution in [0.15, 0.2) is 0 Å². The summed E-state index contributed by atoms with van der Waals surface area (Å²) in [5.74, 6) is 0.886. The lowest BCUT2D eigenvalue weighted by Gasteiger charge is -2.36. The van der Waals surface area contributed by atoms with Crippen molar-refractivity contribution in [2.75, 3.05) is 26.2 Å². The molecule has 18 heavy (non-hydrogen) atoms. The summed E-state index contributed by atoms with van der Waals surface area (Å²) >= 11 is 0. The Bertz CT molecular complexity index is 260. The predicted molar refractivity (Wildman–Crippen MR) is 73.8 cm³/mol. The number of piperidine rings is 2. The Labute approximate surface area is 116 Å². The highest BCUT2D eigenvalue weighted by atomic mass is 35.5. The number of hydrogen-bond acceptors (Lipinski definition) is 3. The fourth-order valence-corrected chi connectivity index (χ4v) is 2.92. The van der Waals surface area contributed by atoms with Gasteiger partial charge in [-0.2, -0.15) is 0 Å². The maximum Gasteiger partial charge on any atom is 0.226 e. The van der Waals surface area contributed by atoms with E-state index in [1.165, 1.54) is 0 Å². The maximum absolute atomic E-state index is 12.3. The normalized spacial score (nSPS) is 27.4. The summed E-state index contributed by atoms with van der Waals surface area (Å²) in [4.78, 5) is 14.2. The molecular weight excluding hydrogens is 252 g/mol. The average Bonchev–Trinajstić information content (AvgIpc) is 2.39. The van der Waals surface area contributed by atoms with Crippen LogP contribution in [0, 0.1) is 11.8 Å². The second-order valence-corrected chi connectivity index (χ2v) is 5.45. The molecule has 0 bridgehead atoms. The van der Waals surface area contributed by atoms with Crippen molar-refractivity contribution >= 4 is 18.3 Å². The highest BCUT2D eigenvalue weighted by Gasteiger charge is 2.30. The SMILES string of the molecule is CC(O)C1CCN(C(=O)[C@@H]2CCCNC2)CC1.Cl. The standard InChI is InChI=1S/C13H24N2O2.ClH/c1-10(16)11-4-7-15(8-5-11)13(17)12-3-2-6-14-9-12;/h10-12,14,16H,2-9H2,1H3;1H/t10?,12-;/m1./s1. The monoisotopic (exact) mass is 276 g/mol. The molecule has 2 aliphatic rings. The van der Waals surface area contributed by atoms with Gasteiger partial charge in [-0.05, 0) is 45.1 Å². The molecule has 1 unspecified atom stereocenters. The first-order chi connectivity index (χ1) is 8.18. The van der Waals surface area contributed by atoms with Gasteiger partial charge in [-0.3, -0.25) is 4.79 Å². The quantitative estimate of drug-likeness (QED) is 0.792. The lowest BCUT2D eigenvalue weighted by Crippen LogP contribution is -2.47. The minimum absolute atomic E-state index is 0. The minimum atomic E-state index is -0.233. The number of aliphatic hydroxyl groups excluding tert-OH is 1. The zero-order chi connectivity index (χ0) is 12.3. The van der Waals surface area contributed by atoms with E-state index >= 15 is 0 Å². The van der Waals surface area contributed by atoms with E-state index in [2.05, 4.69) is 5.32 Å². The van der Waals surface area contributed by atoms with Crippen LogP contribution in [-0.2, 0) is 4.79 Å². The van der Waals surface area contributed by atoms with Crippen LogP contribution >= 0.6 is 12.4 Å². The fraction of sp³-hybridized carbons (Fsp3) is 0.923. The van der Waals surface area contributed by atoms with Crippen LogP contribution in [0.1, 0.15) is 32.6 Å². The molecule has 2 N–H and O–H groups in total. The Morgan fingerprint density at radius 3 is 2.50 bits per heavy atom. The van der Waals surface area contributed by atoms with Gasteiger partial charge in [0.2, 0.25) is 5.91 Å². The molecule has 5 heteroatoms. The number of rotatable bonds is 2. The van der Waals surface area contributed by atoms with E-state index in [-0.39, 0.29) is 24.4 Å². The van der Waals surface area contributed by atoms with Crippen molar-refractivity contribution in [2.45, 2.75) is 38.7 Å². The third-order valence-corrected chi connectivity index (χ3v) is 4.18. The Morgan fingerprint density at radius 1 is 1.33 bits per heavy atom. The molecule has 0 saturated carbocycles. The number of hydrogen-bond donors (Lipinski definition) is 2.